The van der Waals surface area contributed by atoms with Gasteiger partial charge in [-0.1, -0.05) is 104 Å². The molecule has 1 aliphatic rings. The SMILES string of the molecule is CCCCCCCCCCCCCCC(C)C(=O)OCC(=O)NCCCCCCOC1C(O[PH](=O)O)C(CO)OC1n1ccc(=O)[nH]c1=O. The molecule has 1 aromatic heterocycles. The fourth-order valence-electron chi connectivity index (χ4n) is 5.91. The fraction of sp³-hybridized carbons (Fsp3) is 0.824. The Balaban J connectivity index is 1.55. The molecule has 15 heteroatoms. The minimum Gasteiger partial charge on any atom is -0.455 e. The van der Waals surface area contributed by atoms with Crippen LogP contribution in [-0.4, -0.2) is 76.1 Å². The molecular formula is C34H60N3O11P. The van der Waals surface area contributed by atoms with Crippen LogP contribution in [0.25, 0.3) is 0 Å². The first kappa shape index (κ1) is 42.8. The molecule has 0 radical (unpaired) electrons. The number of unbranched alkanes of at least 4 members (excludes halogenated alkanes) is 14. The van der Waals surface area contributed by atoms with Crippen LogP contribution in [0.5, 0.6) is 0 Å². The Morgan fingerprint density at radius 1 is 0.959 bits per heavy atom. The first-order valence-electron chi connectivity index (χ1n) is 18.2. The molecule has 0 bridgehead atoms. The van der Waals surface area contributed by atoms with E-state index in [1.165, 1.54) is 70.4 Å². The standard InChI is InChI=1S/C34H60N3O11P/c1-3-4-5-6-7-8-9-10-11-12-13-16-19-26(2)33(41)46-25-29(40)35-21-17-14-15-18-23-45-31-30(48-49(43)44)27(24-38)47-32(31)37-22-20-28(39)36-34(37)42/h20,22,26-27,30-32,38,49H,3-19,21,23-25H2,1-2H3,(H,35,40)(H,43,44)(H,36,39,42). The number of hydrogen-bond donors (Lipinski definition) is 4. The van der Waals surface area contributed by atoms with Crippen LogP contribution in [0.2, 0.25) is 0 Å². The second-order valence-electron chi connectivity index (χ2n) is 12.9. The topological polar surface area (TPSA) is 195 Å². The minimum absolute atomic E-state index is 0.201. The van der Waals surface area contributed by atoms with Crippen molar-refractivity contribution in [2.75, 3.05) is 26.4 Å². The van der Waals surface area contributed by atoms with Crippen molar-refractivity contribution >= 4 is 20.1 Å². The molecular weight excluding hydrogens is 657 g/mol. The van der Waals surface area contributed by atoms with Crippen LogP contribution >= 0.6 is 8.25 Å². The van der Waals surface area contributed by atoms with Crippen LogP contribution in [-0.2, 0) is 32.9 Å². The summed E-state index contributed by atoms with van der Waals surface area (Å²) < 4.78 is 34.5. The van der Waals surface area contributed by atoms with Gasteiger partial charge in [0.15, 0.2) is 12.8 Å². The van der Waals surface area contributed by atoms with Crippen molar-refractivity contribution in [1.82, 2.24) is 14.9 Å². The third-order valence-corrected chi connectivity index (χ3v) is 9.24. The van der Waals surface area contributed by atoms with Gasteiger partial charge in [0.2, 0.25) is 0 Å². The van der Waals surface area contributed by atoms with Crippen LogP contribution in [0.3, 0.4) is 0 Å². The summed E-state index contributed by atoms with van der Waals surface area (Å²) in [4.78, 5) is 59.8. The van der Waals surface area contributed by atoms with E-state index in [1.54, 1.807) is 0 Å². The van der Waals surface area contributed by atoms with Gasteiger partial charge in [-0.3, -0.25) is 28.5 Å². The number of rotatable bonds is 28. The maximum Gasteiger partial charge on any atom is 0.330 e. The predicted molar refractivity (Wildman–Crippen MR) is 185 cm³/mol. The van der Waals surface area contributed by atoms with Gasteiger partial charge < -0.3 is 34.1 Å². The van der Waals surface area contributed by atoms with Crippen LogP contribution in [0, 0.1) is 5.92 Å². The van der Waals surface area contributed by atoms with E-state index in [0.29, 0.717) is 19.4 Å². The lowest BCUT2D eigenvalue weighted by atomic mass is 10.0. The van der Waals surface area contributed by atoms with Crippen molar-refractivity contribution in [2.24, 2.45) is 5.92 Å². The van der Waals surface area contributed by atoms with E-state index < -0.39 is 50.7 Å². The number of aromatic amines is 1. The quantitative estimate of drug-likeness (QED) is 0.0540. The van der Waals surface area contributed by atoms with Crippen molar-refractivity contribution < 1.29 is 42.9 Å². The molecule has 1 saturated heterocycles. The Labute approximate surface area is 290 Å². The Hall–Kier alpha value is -2.35. The van der Waals surface area contributed by atoms with Gasteiger partial charge in [-0.2, -0.15) is 0 Å². The summed E-state index contributed by atoms with van der Waals surface area (Å²) in [5, 5.41) is 12.5. The summed E-state index contributed by atoms with van der Waals surface area (Å²) in [6.45, 7) is 3.88. The number of aliphatic hydroxyl groups is 1. The molecule has 1 fully saturated rings. The fourth-order valence-corrected chi connectivity index (χ4v) is 6.43. The molecule has 2 rings (SSSR count). The zero-order valence-corrected chi connectivity index (χ0v) is 30.4. The number of carbonyl (C=O) groups excluding carboxylic acids is 2. The number of amides is 1. The third-order valence-electron chi connectivity index (χ3n) is 8.77. The summed E-state index contributed by atoms with van der Waals surface area (Å²) in [5.74, 6) is -0.917. The molecule has 0 aliphatic carbocycles. The van der Waals surface area contributed by atoms with Crippen molar-refractivity contribution in [1.29, 1.82) is 0 Å². The molecule has 1 aromatic rings. The zero-order chi connectivity index (χ0) is 35.9. The summed E-state index contributed by atoms with van der Waals surface area (Å²) in [5.41, 5.74) is -1.36. The average molecular weight is 718 g/mol. The van der Waals surface area contributed by atoms with Gasteiger partial charge in [0.05, 0.1) is 12.5 Å². The number of hydrogen-bond acceptors (Lipinski definition) is 10. The van der Waals surface area contributed by atoms with Gasteiger partial charge >= 0.3 is 19.9 Å². The first-order chi connectivity index (χ1) is 23.7. The van der Waals surface area contributed by atoms with Crippen molar-refractivity contribution in [2.45, 2.75) is 148 Å². The van der Waals surface area contributed by atoms with Gasteiger partial charge in [0.1, 0.15) is 18.3 Å². The van der Waals surface area contributed by atoms with E-state index in [1.807, 2.05) is 6.92 Å². The first-order valence-corrected chi connectivity index (χ1v) is 19.5. The number of ether oxygens (including phenoxy) is 3. The number of carbonyl (C=O) groups is 2. The molecule has 6 atom stereocenters. The van der Waals surface area contributed by atoms with Gasteiger partial charge in [0.25, 0.3) is 11.5 Å². The molecule has 2 heterocycles. The minimum atomic E-state index is -3.42. The molecule has 6 unspecified atom stereocenters. The molecule has 0 spiro atoms. The van der Waals surface area contributed by atoms with Crippen molar-refractivity contribution in [3.63, 3.8) is 0 Å². The number of nitrogens with one attached hydrogen (secondary N) is 2. The van der Waals surface area contributed by atoms with E-state index in [2.05, 4.69) is 17.2 Å². The maximum absolute atomic E-state index is 12.3. The second kappa shape index (κ2) is 25.6. The lowest BCUT2D eigenvalue weighted by Gasteiger charge is -2.24. The highest BCUT2D eigenvalue weighted by Gasteiger charge is 2.48. The monoisotopic (exact) mass is 717 g/mol. The van der Waals surface area contributed by atoms with E-state index in [9.17, 15) is 33.7 Å². The van der Waals surface area contributed by atoms with Gasteiger partial charge in [-0.05, 0) is 19.3 Å². The smallest absolute Gasteiger partial charge is 0.330 e. The van der Waals surface area contributed by atoms with Gasteiger partial charge in [-0.25, -0.2) is 4.79 Å². The van der Waals surface area contributed by atoms with E-state index in [-0.39, 0.29) is 31.0 Å². The third kappa shape index (κ3) is 17.4. The van der Waals surface area contributed by atoms with Gasteiger partial charge in [-0.15, -0.1) is 0 Å². The summed E-state index contributed by atoms with van der Waals surface area (Å²) in [6, 6.07) is 1.13. The zero-order valence-electron chi connectivity index (χ0n) is 29.4. The Kier molecular flexibility index (Phi) is 22.3. The second-order valence-corrected chi connectivity index (χ2v) is 13.7. The molecule has 282 valence electrons. The number of aromatic nitrogens is 2. The highest BCUT2D eigenvalue weighted by atomic mass is 31.1. The Morgan fingerprint density at radius 2 is 1.57 bits per heavy atom. The Bertz CT molecular complexity index is 1210. The Morgan fingerprint density at radius 3 is 2.18 bits per heavy atom. The highest BCUT2D eigenvalue weighted by Crippen LogP contribution is 2.37. The molecule has 1 amide bonds. The number of H-pyrrole nitrogens is 1. The lowest BCUT2D eigenvalue weighted by Crippen LogP contribution is -2.40. The van der Waals surface area contributed by atoms with Crippen molar-refractivity contribution in [3.05, 3.63) is 33.1 Å². The summed E-state index contributed by atoms with van der Waals surface area (Å²) in [6.07, 6.45) is 15.7. The normalized spacial score (nSPS) is 20.2. The lowest BCUT2D eigenvalue weighted by molar-refractivity contribution is -0.152. The molecule has 14 nitrogen and oxygen atoms in total. The molecule has 0 saturated carbocycles. The number of esters is 1. The van der Waals surface area contributed by atoms with E-state index in [0.717, 1.165) is 42.7 Å². The number of nitrogens with zero attached hydrogens (tertiary/aromatic N) is 1. The van der Waals surface area contributed by atoms with Crippen molar-refractivity contribution in [3.8, 4) is 0 Å². The highest BCUT2D eigenvalue weighted by molar-refractivity contribution is 7.32. The molecule has 0 aromatic carbocycles. The average Bonchev–Trinajstić information content (AvgIpc) is 3.40. The molecule has 49 heavy (non-hydrogen) atoms. The maximum atomic E-state index is 12.3. The van der Waals surface area contributed by atoms with Crippen LogP contribution in [0.1, 0.15) is 129 Å². The summed E-state index contributed by atoms with van der Waals surface area (Å²) >= 11 is 0. The van der Waals surface area contributed by atoms with Gasteiger partial charge in [0, 0.05) is 25.4 Å². The predicted octanol–water partition coefficient (Wildman–Crippen LogP) is 4.53. The van der Waals surface area contributed by atoms with E-state index in [4.69, 9.17) is 18.7 Å². The van der Waals surface area contributed by atoms with E-state index >= 15 is 0 Å². The van der Waals surface area contributed by atoms with Crippen LogP contribution < -0.4 is 16.6 Å². The van der Waals surface area contributed by atoms with Crippen LogP contribution in [0.15, 0.2) is 21.9 Å². The molecule has 1 aliphatic heterocycles. The number of aliphatic hydroxyl groups excluding tert-OH is 1. The summed E-state index contributed by atoms with van der Waals surface area (Å²) in [7, 11) is -3.42. The molecule has 4 N–H and O–H groups in total. The van der Waals surface area contributed by atoms with Crippen LogP contribution in [0.4, 0.5) is 0 Å². The largest absolute Gasteiger partial charge is 0.455 e.